The van der Waals surface area contributed by atoms with Gasteiger partial charge in [-0.2, -0.15) is 0 Å². The Kier molecular flexibility index (Phi) is 6.27. The highest BCUT2D eigenvalue weighted by Crippen LogP contribution is 2.34. The van der Waals surface area contributed by atoms with Gasteiger partial charge >= 0.3 is 6.03 Å². The van der Waals surface area contributed by atoms with Crippen LogP contribution in [-0.2, 0) is 6.54 Å². The Hall–Kier alpha value is -2.91. The molecule has 0 radical (unpaired) electrons. The molecule has 0 bridgehead atoms. The van der Waals surface area contributed by atoms with E-state index in [1.165, 1.54) is 19.3 Å². The van der Waals surface area contributed by atoms with Crippen LogP contribution in [0.4, 0.5) is 28.1 Å². The summed E-state index contributed by atoms with van der Waals surface area (Å²) in [6, 6.07) is 0.170. The Labute approximate surface area is 165 Å². The molecule has 1 saturated carbocycles. The van der Waals surface area contributed by atoms with Gasteiger partial charge in [-0.3, -0.25) is 0 Å². The predicted molar refractivity (Wildman–Crippen MR) is 114 cm³/mol. The van der Waals surface area contributed by atoms with Crippen molar-refractivity contribution in [3.05, 3.63) is 0 Å². The van der Waals surface area contributed by atoms with Crippen LogP contribution in [0.25, 0.3) is 11.0 Å². The number of imidazole rings is 1. The minimum absolute atomic E-state index is 0.117. The predicted octanol–water partition coefficient (Wildman–Crippen LogP) is 1.77. The second kappa shape index (κ2) is 8.85. The Morgan fingerprint density at radius 1 is 1.11 bits per heavy atom. The van der Waals surface area contributed by atoms with Crippen molar-refractivity contribution in [2.45, 2.75) is 44.7 Å². The lowest BCUT2D eigenvalue weighted by atomic mass is 9.96. The summed E-state index contributed by atoms with van der Waals surface area (Å²) in [7, 11) is 5.44. The lowest BCUT2D eigenvalue weighted by Crippen LogP contribution is -2.43. The molecule has 2 aromatic heterocycles. The molecule has 1 aliphatic carbocycles. The largest absolute Gasteiger partial charge is 0.383 e. The van der Waals surface area contributed by atoms with E-state index in [9.17, 15) is 4.79 Å². The van der Waals surface area contributed by atoms with E-state index in [0.717, 1.165) is 24.0 Å². The molecule has 3 rings (SSSR count). The number of carbonyl (C=O) groups excluding carboxylic acids is 1. The summed E-state index contributed by atoms with van der Waals surface area (Å²) in [6.45, 7) is 1.02. The molecule has 28 heavy (non-hydrogen) atoms. The number of nitrogens with one attached hydrogen (secondary N) is 5. The first-order chi connectivity index (χ1) is 13.6. The van der Waals surface area contributed by atoms with Gasteiger partial charge in [0.25, 0.3) is 0 Å². The van der Waals surface area contributed by atoms with Gasteiger partial charge in [0.05, 0.1) is 0 Å². The van der Waals surface area contributed by atoms with Crippen LogP contribution in [-0.4, -0.2) is 54.3 Å². The van der Waals surface area contributed by atoms with Crippen molar-refractivity contribution in [1.29, 1.82) is 0 Å². The van der Waals surface area contributed by atoms with Gasteiger partial charge in [-0.15, -0.1) is 0 Å². The number of nitrogen functional groups attached to an aromatic ring is 1. The minimum Gasteiger partial charge on any atom is -0.383 e. The molecule has 1 fully saturated rings. The van der Waals surface area contributed by atoms with Crippen LogP contribution in [0.1, 0.15) is 32.1 Å². The van der Waals surface area contributed by atoms with Crippen molar-refractivity contribution in [3.63, 3.8) is 0 Å². The van der Waals surface area contributed by atoms with Crippen molar-refractivity contribution >= 4 is 40.3 Å². The summed E-state index contributed by atoms with van der Waals surface area (Å²) in [5.74, 6) is 1.68. The lowest BCUT2D eigenvalue weighted by molar-refractivity contribution is 0.232. The average molecular weight is 390 g/mol. The zero-order chi connectivity index (χ0) is 20.1. The van der Waals surface area contributed by atoms with E-state index in [1.54, 1.807) is 7.05 Å². The second-order valence-corrected chi connectivity index (χ2v) is 6.99. The SMILES string of the molecule is CNc1nc(N)c2nc(NC)n(CCNC(=O)NC3CCCCC3)c2c1NC. The van der Waals surface area contributed by atoms with Crippen molar-refractivity contribution < 1.29 is 4.79 Å². The molecule has 0 spiro atoms. The van der Waals surface area contributed by atoms with Crippen LogP contribution in [0.2, 0.25) is 0 Å². The van der Waals surface area contributed by atoms with Crippen LogP contribution < -0.4 is 32.3 Å². The zero-order valence-corrected chi connectivity index (χ0v) is 16.9. The molecule has 0 unspecified atom stereocenters. The van der Waals surface area contributed by atoms with Gasteiger partial charge in [-0.1, -0.05) is 19.3 Å². The smallest absolute Gasteiger partial charge is 0.315 e. The molecule has 2 amide bonds. The number of fused-ring (bicyclic) bond motifs is 1. The molecule has 0 saturated heterocycles. The van der Waals surface area contributed by atoms with Gasteiger partial charge < -0.3 is 36.9 Å². The van der Waals surface area contributed by atoms with Crippen LogP contribution in [0.5, 0.6) is 0 Å². The molecule has 0 atom stereocenters. The van der Waals surface area contributed by atoms with Gasteiger partial charge in [0.1, 0.15) is 16.7 Å². The minimum atomic E-state index is -0.117. The van der Waals surface area contributed by atoms with Gasteiger partial charge in [-0.25, -0.2) is 14.8 Å². The topological polar surface area (TPSA) is 134 Å². The number of aromatic nitrogens is 3. The standard InChI is InChI=1S/C18H31N9O/c1-20-13-14-12(15(19)26-16(13)21-2)25-17(22-3)27(14)10-9-23-18(28)24-11-7-5-4-6-8-11/h11,20H,4-10H2,1-3H3,(H,22,25)(H3,19,21,26)(H2,23,24,28). The quantitative estimate of drug-likeness (QED) is 0.425. The molecule has 1 aliphatic rings. The highest BCUT2D eigenvalue weighted by atomic mass is 16.2. The molecule has 10 nitrogen and oxygen atoms in total. The first-order valence-electron chi connectivity index (χ1n) is 9.86. The number of hydrogen-bond acceptors (Lipinski definition) is 7. The third-order valence-corrected chi connectivity index (χ3v) is 5.19. The molecule has 2 heterocycles. The third-order valence-electron chi connectivity index (χ3n) is 5.19. The summed E-state index contributed by atoms with van der Waals surface area (Å²) in [5, 5.41) is 15.4. The number of carbonyl (C=O) groups is 1. The van der Waals surface area contributed by atoms with Gasteiger partial charge in [0, 0.05) is 40.3 Å². The molecule has 2 aromatic rings. The van der Waals surface area contributed by atoms with Crippen LogP contribution in [0.3, 0.4) is 0 Å². The number of nitrogens with two attached hydrogens (primary N) is 1. The number of amides is 2. The highest BCUT2D eigenvalue weighted by Gasteiger charge is 2.20. The summed E-state index contributed by atoms with van der Waals surface area (Å²) in [6.07, 6.45) is 5.77. The fourth-order valence-corrected chi connectivity index (χ4v) is 3.82. The molecular formula is C18H31N9O. The number of nitrogens with zero attached hydrogens (tertiary/aromatic N) is 3. The van der Waals surface area contributed by atoms with Crippen molar-refractivity contribution in [1.82, 2.24) is 25.2 Å². The van der Waals surface area contributed by atoms with Crippen LogP contribution in [0.15, 0.2) is 0 Å². The first kappa shape index (κ1) is 19.8. The zero-order valence-electron chi connectivity index (χ0n) is 16.9. The van der Waals surface area contributed by atoms with Crippen LogP contribution in [0, 0.1) is 0 Å². The molecule has 10 heteroatoms. The summed E-state index contributed by atoms with van der Waals surface area (Å²) in [4.78, 5) is 21.2. The number of hydrogen-bond donors (Lipinski definition) is 6. The van der Waals surface area contributed by atoms with E-state index >= 15 is 0 Å². The normalized spacial score (nSPS) is 14.7. The molecule has 0 aliphatic heterocycles. The van der Waals surface area contributed by atoms with E-state index < -0.39 is 0 Å². The Bertz CT molecular complexity index is 826. The highest BCUT2D eigenvalue weighted by molar-refractivity contribution is 6.01. The van der Waals surface area contributed by atoms with Crippen molar-refractivity contribution in [3.8, 4) is 0 Å². The fraction of sp³-hybridized carbons (Fsp3) is 0.611. The number of urea groups is 1. The molecule has 0 aromatic carbocycles. The van der Waals surface area contributed by atoms with Gasteiger partial charge in [0.15, 0.2) is 11.6 Å². The van der Waals surface area contributed by atoms with E-state index in [2.05, 4.69) is 36.6 Å². The number of pyridine rings is 1. The van der Waals surface area contributed by atoms with E-state index in [4.69, 9.17) is 5.73 Å². The molecule has 7 N–H and O–H groups in total. The summed E-state index contributed by atoms with van der Waals surface area (Å²) in [5.41, 5.74) is 8.39. The van der Waals surface area contributed by atoms with E-state index in [0.29, 0.717) is 36.2 Å². The Balaban J connectivity index is 1.76. The maximum absolute atomic E-state index is 12.2. The summed E-state index contributed by atoms with van der Waals surface area (Å²) >= 11 is 0. The molecular weight excluding hydrogens is 358 g/mol. The second-order valence-electron chi connectivity index (χ2n) is 6.99. The molecule has 154 valence electrons. The monoisotopic (exact) mass is 389 g/mol. The third kappa shape index (κ3) is 4.00. The van der Waals surface area contributed by atoms with Crippen molar-refractivity contribution in [2.24, 2.45) is 0 Å². The maximum Gasteiger partial charge on any atom is 0.315 e. The maximum atomic E-state index is 12.2. The Morgan fingerprint density at radius 3 is 2.50 bits per heavy atom. The Morgan fingerprint density at radius 2 is 1.86 bits per heavy atom. The fourth-order valence-electron chi connectivity index (χ4n) is 3.82. The van der Waals surface area contributed by atoms with E-state index in [-0.39, 0.29) is 12.1 Å². The number of anilines is 4. The van der Waals surface area contributed by atoms with E-state index in [1.807, 2.05) is 18.7 Å². The summed E-state index contributed by atoms with van der Waals surface area (Å²) < 4.78 is 2.00. The van der Waals surface area contributed by atoms with Gasteiger partial charge in [-0.05, 0) is 12.8 Å². The van der Waals surface area contributed by atoms with Crippen molar-refractivity contribution in [2.75, 3.05) is 49.4 Å². The lowest BCUT2D eigenvalue weighted by Gasteiger charge is -2.23. The number of rotatable bonds is 7. The van der Waals surface area contributed by atoms with Crippen LogP contribution >= 0.6 is 0 Å². The first-order valence-corrected chi connectivity index (χ1v) is 9.86. The van der Waals surface area contributed by atoms with Gasteiger partial charge in [0.2, 0.25) is 5.95 Å². The average Bonchev–Trinajstić information content (AvgIpc) is 3.08.